The molecule has 0 aromatic heterocycles. The average molecular weight is 321 g/mol. The molecular weight excluding hydrogens is 298 g/mol. The van der Waals surface area contributed by atoms with E-state index in [4.69, 9.17) is 14.6 Å². The van der Waals surface area contributed by atoms with Crippen LogP contribution >= 0.6 is 0 Å². The number of aliphatic carboxylic acids is 1. The number of carboxylic acid groups (broad SMARTS) is 1. The smallest absolute Gasteiger partial charge is 0.326 e. The number of hydrogen-bond donors (Lipinski definition) is 2. The Morgan fingerprint density at radius 3 is 2.52 bits per heavy atom. The highest BCUT2D eigenvalue weighted by Crippen LogP contribution is 2.27. The summed E-state index contributed by atoms with van der Waals surface area (Å²) in [5, 5.41) is 11.6. The molecule has 1 aromatic rings. The van der Waals surface area contributed by atoms with Crippen LogP contribution in [0.5, 0.6) is 11.5 Å². The van der Waals surface area contributed by atoms with Gasteiger partial charge in [-0.05, 0) is 30.2 Å². The standard InChI is InChI=1S/C17H23NO5/c1-4-5-6-13(17(20)21)18-16(19)10-8-12-7-9-14(22-2)15(11-12)23-3/h7-11,13H,4-6H2,1-3H3,(H,18,19)(H,20,21)/b10-8+. The van der Waals surface area contributed by atoms with Crippen molar-refractivity contribution in [2.24, 2.45) is 0 Å². The van der Waals surface area contributed by atoms with Crippen LogP contribution in [0.2, 0.25) is 0 Å². The number of benzene rings is 1. The predicted molar refractivity (Wildman–Crippen MR) is 87.7 cm³/mol. The largest absolute Gasteiger partial charge is 0.493 e. The number of carbonyl (C=O) groups is 2. The molecule has 6 heteroatoms. The predicted octanol–water partition coefficient (Wildman–Crippen LogP) is 2.48. The highest BCUT2D eigenvalue weighted by molar-refractivity contribution is 5.94. The zero-order valence-electron chi connectivity index (χ0n) is 13.7. The van der Waals surface area contributed by atoms with Gasteiger partial charge in [0.15, 0.2) is 11.5 Å². The van der Waals surface area contributed by atoms with E-state index in [1.165, 1.54) is 13.2 Å². The average Bonchev–Trinajstić information content (AvgIpc) is 2.56. The Balaban J connectivity index is 2.72. The minimum atomic E-state index is -1.02. The molecule has 0 spiro atoms. The molecule has 0 bridgehead atoms. The molecule has 1 aromatic carbocycles. The Morgan fingerprint density at radius 1 is 1.26 bits per heavy atom. The second-order valence-electron chi connectivity index (χ2n) is 4.99. The van der Waals surface area contributed by atoms with Crippen molar-refractivity contribution >= 4 is 18.0 Å². The summed E-state index contributed by atoms with van der Waals surface area (Å²) in [4.78, 5) is 23.0. The first-order valence-corrected chi connectivity index (χ1v) is 7.45. The molecule has 0 saturated carbocycles. The Hall–Kier alpha value is -2.50. The second kappa shape index (κ2) is 9.50. The second-order valence-corrected chi connectivity index (χ2v) is 4.99. The number of hydrogen-bond acceptors (Lipinski definition) is 4. The number of nitrogens with one attached hydrogen (secondary N) is 1. The van der Waals surface area contributed by atoms with Crippen LogP contribution in [0.4, 0.5) is 0 Å². The molecule has 1 rings (SSSR count). The third-order valence-electron chi connectivity index (χ3n) is 3.30. The fourth-order valence-electron chi connectivity index (χ4n) is 2.01. The van der Waals surface area contributed by atoms with Gasteiger partial charge in [0, 0.05) is 6.08 Å². The highest BCUT2D eigenvalue weighted by atomic mass is 16.5. The van der Waals surface area contributed by atoms with Crippen molar-refractivity contribution in [3.8, 4) is 11.5 Å². The SMILES string of the molecule is CCCCC(NC(=O)/C=C/c1ccc(OC)c(OC)c1)C(=O)O. The van der Waals surface area contributed by atoms with Crippen molar-refractivity contribution in [1.82, 2.24) is 5.32 Å². The molecule has 0 aliphatic carbocycles. The van der Waals surface area contributed by atoms with E-state index in [9.17, 15) is 9.59 Å². The van der Waals surface area contributed by atoms with E-state index in [-0.39, 0.29) is 0 Å². The number of unbranched alkanes of at least 4 members (excludes halogenated alkanes) is 1. The zero-order valence-corrected chi connectivity index (χ0v) is 13.7. The number of amides is 1. The molecule has 2 N–H and O–H groups in total. The van der Waals surface area contributed by atoms with E-state index >= 15 is 0 Å². The minimum Gasteiger partial charge on any atom is -0.493 e. The summed E-state index contributed by atoms with van der Waals surface area (Å²) in [6.45, 7) is 1.97. The Kier molecular flexibility index (Phi) is 7.66. The van der Waals surface area contributed by atoms with Gasteiger partial charge in [0.2, 0.25) is 5.91 Å². The van der Waals surface area contributed by atoms with E-state index in [0.29, 0.717) is 17.9 Å². The van der Waals surface area contributed by atoms with Crippen LogP contribution in [0.15, 0.2) is 24.3 Å². The van der Waals surface area contributed by atoms with Gasteiger partial charge in [-0.2, -0.15) is 0 Å². The molecule has 0 saturated heterocycles. The Labute approximate surface area is 136 Å². The molecule has 6 nitrogen and oxygen atoms in total. The van der Waals surface area contributed by atoms with Gasteiger partial charge in [0.1, 0.15) is 6.04 Å². The molecular formula is C17H23NO5. The summed E-state index contributed by atoms with van der Waals surface area (Å²) in [7, 11) is 3.08. The zero-order chi connectivity index (χ0) is 17.2. The highest BCUT2D eigenvalue weighted by Gasteiger charge is 2.17. The number of ether oxygens (including phenoxy) is 2. The summed E-state index contributed by atoms with van der Waals surface area (Å²) in [5.74, 6) is -0.310. The first kappa shape index (κ1) is 18.5. The number of rotatable bonds is 9. The van der Waals surface area contributed by atoms with Crippen molar-refractivity contribution in [1.29, 1.82) is 0 Å². The van der Waals surface area contributed by atoms with Crippen LogP contribution in [0.3, 0.4) is 0 Å². The van der Waals surface area contributed by atoms with E-state index in [2.05, 4.69) is 5.32 Å². The maximum absolute atomic E-state index is 11.9. The van der Waals surface area contributed by atoms with Crippen molar-refractivity contribution in [2.75, 3.05) is 14.2 Å². The fraction of sp³-hybridized carbons (Fsp3) is 0.412. The van der Waals surface area contributed by atoms with Gasteiger partial charge in [-0.3, -0.25) is 4.79 Å². The topological polar surface area (TPSA) is 84.9 Å². The van der Waals surface area contributed by atoms with Crippen molar-refractivity contribution in [3.05, 3.63) is 29.8 Å². The molecule has 0 aliphatic heterocycles. The number of carboxylic acids is 1. The number of carbonyl (C=O) groups excluding carboxylic acids is 1. The summed E-state index contributed by atoms with van der Waals surface area (Å²) in [5.41, 5.74) is 0.748. The molecule has 0 radical (unpaired) electrons. The maximum Gasteiger partial charge on any atom is 0.326 e. The molecule has 0 fully saturated rings. The van der Waals surface area contributed by atoms with Crippen LogP contribution in [0.1, 0.15) is 31.7 Å². The molecule has 0 heterocycles. The molecule has 1 atom stereocenters. The van der Waals surface area contributed by atoms with Gasteiger partial charge in [0.25, 0.3) is 0 Å². The summed E-state index contributed by atoms with van der Waals surface area (Å²) < 4.78 is 10.3. The monoisotopic (exact) mass is 321 g/mol. The lowest BCUT2D eigenvalue weighted by Crippen LogP contribution is -2.39. The van der Waals surface area contributed by atoms with Crippen LogP contribution in [-0.4, -0.2) is 37.2 Å². The van der Waals surface area contributed by atoms with Crippen LogP contribution in [0.25, 0.3) is 6.08 Å². The van der Waals surface area contributed by atoms with Gasteiger partial charge >= 0.3 is 5.97 Å². The minimum absolute atomic E-state index is 0.418. The van der Waals surface area contributed by atoms with Crippen LogP contribution in [-0.2, 0) is 9.59 Å². The Morgan fingerprint density at radius 2 is 1.96 bits per heavy atom. The summed E-state index contributed by atoms with van der Waals surface area (Å²) in [6.07, 6.45) is 4.94. The van der Waals surface area contributed by atoms with E-state index in [1.807, 2.05) is 6.92 Å². The van der Waals surface area contributed by atoms with Gasteiger partial charge in [-0.1, -0.05) is 25.8 Å². The summed E-state index contributed by atoms with van der Waals surface area (Å²) in [6, 6.07) is 4.38. The quantitative estimate of drug-likeness (QED) is 0.683. The molecule has 23 heavy (non-hydrogen) atoms. The molecule has 126 valence electrons. The van der Waals surface area contributed by atoms with E-state index < -0.39 is 17.9 Å². The maximum atomic E-state index is 11.9. The van der Waals surface area contributed by atoms with Crippen molar-refractivity contribution in [3.63, 3.8) is 0 Å². The fourth-order valence-corrected chi connectivity index (χ4v) is 2.01. The lowest BCUT2D eigenvalue weighted by atomic mass is 10.1. The Bertz CT molecular complexity index is 568. The van der Waals surface area contributed by atoms with Crippen molar-refractivity contribution in [2.45, 2.75) is 32.2 Å². The first-order valence-electron chi connectivity index (χ1n) is 7.45. The van der Waals surface area contributed by atoms with E-state index in [0.717, 1.165) is 18.4 Å². The molecule has 1 amide bonds. The van der Waals surface area contributed by atoms with E-state index in [1.54, 1.807) is 31.4 Å². The number of methoxy groups -OCH3 is 2. The lowest BCUT2D eigenvalue weighted by molar-refractivity contribution is -0.141. The lowest BCUT2D eigenvalue weighted by Gasteiger charge is -2.12. The van der Waals surface area contributed by atoms with Crippen LogP contribution < -0.4 is 14.8 Å². The molecule has 0 aliphatic rings. The third-order valence-corrected chi connectivity index (χ3v) is 3.30. The third kappa shape index (κ3) is 6.02. The first-order chi connectivity index (χ1) is 11.0. The van der Waals surface area contributed by atoms with Gasteiger partial charge in [0.05, 0.1) is 14.2 Å². The van der Waals surface area contributed by atoms with Crippen LogP contribution in [0, 0.1) is 0 Å². The van der Waals surface area contributed by atoms with Gasteiger partial charge < -0.3 is 19.9 Å². The normalized spacial score (nSPS) is 12.0. The van der Waals surface area contributed by atoms with Gasteiger partial charge in [-0.15, -0.1) is 0 Å². The van der Waals surface area contributed by atoms with Crippen molar-refractivity contribution < 1.29 is 24.2 Å². The summed E-state index contributed by atoms with van der Waals surface area (Å²) >= 11 is 0. The molecule has 1 unspecified atom stereocenters. The van der Waals surface area contributed by atoms with Gasteiger partial charge in [-0.25, -0.2) is 4.79 Å².